The molecule has 0 spiro atoms. The van der Waals surface area contributed by atoms with E-state index < -0.39 is 20.4 Å². The third kappa shape index (κ3) is 1480. The van der Waals surface area contributed by atoms with Gasteiger partial charge in [0.1, 0.15) is 0 Å². The second-order valence-electron chi connectivity index (χ2n) is 0.872. The summed E-state index contributed by atoms with van der Waals surface area (Å²) in [6, 6.07) is 0. The van der Waals surface area contributed by atoms with Crippen molar-refractivity contribution in [2.75, 3.05) is 0 Å². The predicted molar refractivity (Wildman–Crippen MR) is 32.0 cm³/mol. The van der Waals surface area contributed by atoms with E-state index in [0.29, 0.717) is 0 Å². The van der Waals surface area contributed by atoms with Gasteiger partial charge in [0.25, 0.3) is 10.2 Å². The van der Waals surface area contributed by atoms with Crippen molar-refractivity contribution in [3.05, 3.63) is 20.2 Å². The van der Waals surface area contributed by atoms with E-state index in [1.165, 1.54) is 0 Å². The first-order valence-corrected chi connectivity index (χ1v) is 3.03. The quantitative estimate of drug-likeness (QED) is 0.156. The van der Waals surface area contributed by atoms with Crippen LogP contribution in [0.25, 0.3) is 0 Å². The second-order valence-corrected chi connectivity index (χ2v) is 1.66. The Morgan fingerprint density at radius 3 is 0.882 bits per heavy atom. The Morgan fingerprint density at radius 2 is 0.882 bits per heavy atom. The molecule has 0 fully saturated rings. The van der Waals surface area contributed by atoms with E-state index in [0.717, 1.165) is 0 Å². The molecule has 9 N–H and O–H groups in total. The molecule has 0 radical (unpaired) electrons. The van der Waals surface area contributed by atoms with Crippen LogP contribution in [0, 0.1) is 30.5 Å². The van der Waals surface area contributed by atoms with Gasteiger partial charge in [-0.3, -0.25) is 0 Å². The molecule has 0 saturated carbocycles. The first-order chi connectivity index (χ1) is 5.46. The molecule has 0 aromatic carbocycles. The molecule has 0 atom stereocenters. The minimum absolute atomic E-state index is 0. The molecule has 0 bridgehead atoms. The van der Waals surface area contributed by atoms with Crippen LogP contribution in [0.2, 0.25) is 0 Å². The average molecular weight is 341 g/mol. The summed E-state index contributed by atoms with van der Waals surface area (Å²) in [5.74, 6) is 0. The summed E-state index contributed by atoms with van der Waals surface area (Å²) in [7, 11) is -4.69. The average Bonchev–Trinajstić information content (AvgIpc) is 1.50. The molecule has 0 aliphatic heterocycles. The van der Waals surface area contributed by atoms with Crippen molar-refractivity contribution in [2.24, 2.45) is 0 Å². The van der Waals surface area contributed by atoms with Crippen molar-refractivity contribution in [1.29, 1.82) is 0 Å². The summed E-state index contributed by atoms with van der Waals surface area (Å²) in [6.45, 7) is 0. The van der Waals surface area contributed by atoms with Crippen LogP contribution in [0.1, 0.15) is 2.85 Å². The van der Waals surface area contributed by atoms with Gasteiger partial charge < -0.3 is 25.6 Å². The molecular formula is H11ClK2N4O10. The number of hydrogen-bond acceptors (Lipinski definition) is 10. The van der Waals surface area contributed by atoms with Crippen molar-refractivity contribution < 1.29 is 155 Å². The third-order valence-electron chi connectivity index (χ3n) is 0. The Hall–Kier alpha value is 1.72. The Kier molecular flexibility index (Phi) is 66.3. The zero-order valence-corrected chi connectivity index (χ0v) is 15.9. The number of nitrogens with zero attached hydrogens (tertiary/aromatic N) is 2. The van der Waals surface area contributed by atoms with Crippen molar-refractivity contribution in [2.45, 2.75) is 0 Å². The van der Waals surface area contributed by atoms with Gasteiger partial charge in [0.2, 0.25) is 0 Å². The van der Waals surface area contributed by atoms with Crippen LogP contribution in [0.4, 0.5) is 0 Å². The molecule has 0 aliphatic rings. The molecule has 0 aliphatic carbocycles. The number of halogens is 1. The fraction of sp³-hybridized carbons (Fsp3) is 0. The molecule has 0 amide bonds. The normalized spacial score (nSPS) is 6.35. The van der Waals surface area contributed by atoms with Crippen LogP contribution >= 0.6 is 0 Å². The van der Waals surface area contributed by atoms with Gasteiger partial charge in [-0.1, -0.05) is 0 Å². The van der Waals surface area contributed by atoms with E-state index in [1.54, 1.807) is 0 Å². The van der Waals surface area contributed by atoms with Crippen LogP contribution in [-0.4, -0.2) is 25.2 Å². The first-order valence-electron chi connectivity index (χ1n) is 1.76. The summed E-state index contributed by atoms with van der Waals surface area (Å²) in [4.78, 5) is 16.7. The van der Waals surface area contributed by atoms with Crippen LogP contribution in [0.5, 0.6) is 0 Å². The van der Waals surface area contributed by atoms with E-state index in [-0.39, 0.29) is 118 Å². The SMILES string of the molecule is N.N.O=[N+]([O-])O.O=[N+]([O-])O.[H-].[H-].[K+].[K+].[O-][Cl+3]([O-])([O-])O. The Balaban J connectivity index is -0.00000000980. The van der Waals surface area contributed by atoms with Crippen LogP contribution in [-0.2, 0) is 0 Å². The zero-order chi connectivity index (χ0) is 11.7. The third-order valence-corrected chi connectivity index (χ3v) is 0. The number of hydrogen-bond donors (Lipinski definition) is 5. The minimum Gasteiger partial charge on any atom is -1.00 e. The summed E-state index contributed by atoms with van der Waals surface area (Å²) < 4.78 is 32.7. The van der Waals surface area contributed by atoms with Gasteiger partial charge in [-0.05, 0) is 0 Å². The van der Waals surface area contributed by atoms with E-state index in [1.807, 2.05) is 0 Å². The fourth-order valence-corrected chi connectivity index (χ4v) is 0. The molecule has 0 rings (SSSR count). The smallest absolute Gasteiger partial charge is 1.00 e. The van der Waals surface area contributed by atoms with Gasteiger partial charge in [-0.2, -0.15) is 14.0 Å². The van der Waals surface area contributed by atoms with Crippen LogP contribution < -0.4 is 129 Å². The van der Waals surface area contributed by atoms with Gasteiger partial charge >= 0.3 is 103 Å². The minimum atomic E-state index is -4.69. The van der Waals surface area contributed by atoms with Crippen molar-refractivity contribution >= 4 is 0 Å². The monoisotopic (exact) mass is 340 g/mol. The summed E-state index contributed by atoms with van der Waals surface area (Å²) in [5.41, 5.74) is 0. The molecule has 0 aromatic rings. The van der Waals surface area contributed by atoms with Gasteiger partial charge in [0.05, 0.1) is 14.9 Å². The fourth-order valence-electron chi connectivity index (χ4n) is 0. The number of rotatable bonds is 0. The zero-order valence-electron chi connectivity index (χ0n) is 10.9. The van der Waals surface area contributed by atoms with E-state index in [9.17, 15) is 0 Å². The molecule has 0 aromatic heterocycles. The molecule has 0 heterocycles. The van der Waals surface area contributed by atoms with Gasteiger partial charge in [-0.25, -0.2) is 0 Å². The Morgan fingerprint density at radius 1 is 0.882 bits per heavy atom. The molecule has 17 heteroatoms. The summed E-state index contributed by atoms with van der Waals surface area (Å²) >= 11 is 0. The van der Waals surface area contributed by atoms with Gasteiger partial charge in [-0.15, -0.1) is 20.2 Å². The standard InChI is InChI=1S/ClHO4.2K.2HNO3.2H3N.2H/c2-1(3,4)5;;;2*2-1(3)4;;;;/h(H,2,3,4,5);;;2*(H,2,3,4);2*1H3;;/q;2*+1;;;;;2*-1. The molecule has 17 heavy (non-hydrogen) atoms. The molecule has 0 saturated heterocycles. The van der Waals surface area contributed by atoms with Crippen molar-refractivity contribution in [3.8, 4) is 0 Å². The van der Waals surface area contributed by atoms with E-state index >= 15 is 0 Å². The largest absolute Gasteiger partial charge is 1.00 e. The maximum Gasteiger partial charge on any atom is 1.00 e. The second kappa shape index (κ2) is 26.3. The summed E-state index contributed by atoms with van der Waals surface area (Å²) in [6.07, 6.45) is 0. The molecular weight excluding hydrogens is 330 g/mol. The molecule has 14 nitrogen and oxygen atoms in total. The van der Waals surface area contributed by atoms with Crippen molar-refractivity contribution in [1.82, 2.24) is 12.3 Å². The van der Waals surface area contributed by atoms with Gasteiger partial charge in [0, 0.05) is 0 Å². The molecule has 0 unspecified atom stereocenters. The van der Waals surface area contributed by atoms with Crippen LogP contribution in [0.3, 0.4) is 0 Å². The van der Waals surface area contributed by atoms with Crippen molar-refractivity contribution in [3.63, 3.8) is 0 Å². The first kappa shape index (κ1) is 42.8. The topological polar surface area (TPSA) is 286 Å². The maximum absolute atomic E-state index is 8.60. The van der Waals surface area contributed by atoms with E-state index in [4.69, 9.17) is 49.3 Å². The molecule has 100 valence electrons. The van der Waals surface area contributed by atoms with Gasteiger partial charge in [0.15, 0.2) is 0 Å². The predicted octanol–water partition coefficient (Wildman–Crippen LogP) is -10.3. The van der Waals surface area contributed by atoms with E-state index in [2.05, 4.69) is 0 Å². The Bertz CT molecular complexity index is 142. The Labute approximate surface area is 184 Å². The van der Waals surface area contributed by atoms with Crippen LogP contribution in [0.15, 0.2) is 0 Å². The maximum atomic E-state index is 8.60. The summed E-state index contributed by atoms with van der Waals surface area (Å²) in [5, 5.41) is 27.3.